The highest BCUT2D eigenvalue weighted by molar-refractivity contribution is 7.99. The van der Waals surface area contributed by atoms with Crippen molar-refractivity contribution in [2.75, 3.05) is 16.8 Å². The average molecular weight is 733 g/mol. The number of nitrogens with zero attached hydrogens (tertiary/aromatic N) is 1. The van der Waals surface area contributed by atoms with Gasteiger partial charge in [0.25, 0.3) is 5.03 Å². The van der Waals surface area contributed by atoms with Crippen molar-refractivity contribution in [1.29, 1.82) is 0 Å². The first-order valence-corrected chi connectivity index (χ1v) is 18.7. The van der Waals surface area contributed by atoms with Crippen molar-refractivity contribution in [3.8, 4) is 11.1 Å². The van der Waals surface area contributed by atoms with E-state index in [0.29, 0.717) is 60.8 Å². The minimum absolute atomic E-state index is 0.0303. The van der Waals surface area contributed by atoms with Crippen molar-refractivity contribution in [2.45, 2.75) is 68.8 Å². The Bertz CT molecular complexity index is 1990. The van der Waals surface area contributed by atoms with Gasteiger partial charge in [-0.1, -0.05) is 84.6 Å². The van der Waals surface area contributed by atoms with Gasteiger partial charge in [0.05, 0.1) is 30.2 Å². The standard InChI is InChI=1S/C42H44N4O6S/c43-36-13-1-2-14-37(36)45-40(49)16-4-3-15-39(48)44-26-30-9-7-10-32(23-30)33-11-8-12-34(24-33)42-51-35(28-53-41-17-5-6-22-46(41)50)25-38(52-42)31-20-18-29(27-47)19-21-31/h1-2,5-14,17-24,35,38,42,47H,3-4,15-16,25-28,43H2,(H,44,48)(H,45,49)/t35-,38+,42+/m0/s1. The summed E-state index contributed by atoms with van der Waals surface area (Å²) >= 11 is 1.46. The highest BCUT2D eigenvalue weighted by Crippen LogP contribution is 2.40. The molecule has 1 fully saturated rings. The van der Waals surface area contributed by atoms with Gasteiger partial charge in [-0.25, -0.2) is 0 Å². The number of aliphatic hydroxyl groups excluding tert-OH is 1. The number of thioether (sulfide) groups is 1. The molecule has 274 valence electrons. The number of nitrogens with two attached hydrogens (primary N) is 1. The Labute approximate surface area is 313 Å². The summed E-state index contributed by atoms with van der Waals surface area (Å²) < 4.78 is 14.0. The van der Waals surface area contributed by atoms with Gasteiger partial charge in [-0.2, -0.15) is 4.73 Å². The van der Waals surface area contributed by atoms with E-state index >= 15 is 0 Å². The van der Waals surface area contributed by atoms with Crippen LogP contribution in [0.25, 0.3) is 11.1 Å². The number of nitrogen functional groups attached to an aromatic ring is 1. The lowest BCUT2D eigenvalue weighted by Gasteiger charge is -2.36. The summed E-state index contributed by atoms with van der Waals surface area (Å²) in [4.78, 5) is 24.9. The Balaban J connectivity index is 1.06. The number of nitrogens with one attached hydrogen (secondary N) is 2. The molecule has 0 bridgehead atoms. The summed E-state index contributed by atoms with van der Waals surface area (Å²) in [6.07, 6.45) is 2.86. The maximum Gasteiger partial charge on any atom is 0.251 e. The third-order valence-corrected chi connectivity index (χ3v) is 10.2. The number of hydrogen-bond donors (Lipinski definition) is 4. The Morgan fingerprint density at radius 3 is 2.32 bits per heavy atom. The van der Waals surface area contributed by atoms with E-state index in [-0.39, 0.29) is 30.6 Å². The lowest BCUT2D eigenvalue weighted by Crippen LogP contribution is -2.32. The van der Waals surface area contributed by atoms with E-state index < -0.39 is 6.29 Å². The van der Waals surface area contributed by atoms with Gasteiger partial charge in [-0.3, -0.25) is 9.59 Å². The van der Waals surface area contributed by atoms with Crippen molar-refractivity contribution in [3.05, 3.63) is 149 Å². The normalized spacial score (nSPS) is 16.9. The summed E-state index contributed by atoms with van der Waals surface area (Å²) in [5.74, 6) is 0.380. The largest absolute Gasteiger partial charge is 0.618 e. The van der Waals surface area contributed by atoms with Crippen molar-refractivity contribution in [2.24, 2.45) is 0 Å². The molecule has 4 aromatic carbocycles. The van der Waals surface area contributed by atoms with Gasteiger partial charge in [0.2, 0.25) is 11.8 Å². The maximum atomic E-state index is 12.6. The number of carbonyl (C=O) groups excluding carboxylic acids is 2. The summed E-state index contributed by atoms with van der Waals surface area (Å²) in [6, 6.07) is 36.4. The zero-order chi connectivity index (χ0) is 37.0. The van der Waals surface area contributed by atoms with E-state index in [1.54, 1.807) is 24.3 Å². The number of para-hydroxylation sites is 2. The predicted molar refractivity (Wildman–Crippen MR) is 206 cm³/mol. The number of anilines is 2. The van der Waals surface area contributed by atoms with Crippen LogP contribution in [0, 0.1) is 5.21 Å². The molecule has 6 rings (SSSR count). The number of carbonyl (C=O) groups is 2. The van der Waals surface area contributed by atoms with E-state index in [1.807, 2.05) is 78.9 Å². The average Bonchev–Trinajstić information content (AvgIpc) is 3.19. The van der Waals surface area contributed by atoms with Gasteiger partial charge in [0.1, 0.15) is 0 Å². The van der Waals surface area contributed by atoms with Crippen molar-refractivity contribution >= 4 is 35.0 Å². The predicted octanol–water partition coefficient (Wildman–Crippen LogP) is 7.21. The minimum Gasteiger partial charge on any atom is -0.618 e. The molecule has 0 unspecified atom stereocenters. The first kappa shape index (κ1) is 37.6. The second-order valence-electron chi connectivity index (χ2n) is 13.0. The van der Waals surface area contributed by atoms with Crippen LogP contribution in [0.4, 0.5) is 11.4 Å². The molecule has 2 amide bonds. The van der Waals surface area contributed by atoms with E-state index in [1.165, 1.54) is 18.0 Å². The molecule has 2 heterocycles. The van der Waals surface area contributed by atoms with Crippen LogP contribution in [0.3, 0.4) is 0 Å². The topological polar surface area (TPSA) is 150 Å². The smallest absolute Gasteiger partial charge is 0.251 e. The monoisotopic (exact) mass is 732 g/mol. The fourth-order valence-electron chi connectivity index (χ4n) is 6.13. The molecular formula is C42H44N4O6S. The van der Waals surface area contributed by atoms with Gasteiger partial charge in [0.15, 0.2) is 12.5 Å². The van der Waals surface area contributed by atoms with Crippen LogP contribution in [0.1, 0.15) is 66.8 Å². The molecule has 10 nitrogen and oxygen atoms in total. The summed E-state index contributed by atoms with van der Waals surface area (Å²) in [5.41, 5.74) is 12.6. The van der Waals surface area contributed by atoms with Crippen LogP contribution < -0.4 is 21.1 Å². The van der Waals surface area contributed by atoms with Crippen LogP contribution in [-0.4, -0.2) is 28.8 Å². The Hall–Kier alpha value is -5.20. The van der Waals surface area contributed by atoms with Crippen LogP contribution >= 0.6 is 11.8 Å². The molecular weight excluding hydrogens is 689 g/mol. The fraction of sp³-hybridized carbons (Fsp3) is 0.262. The number of ether oxygens (including phenoxy) is 2. The number of unbranched alkanes of at least 4 members (excludes halogenated alkanes) is 1. The molecule has 0 radical (unpaired) electrons. The van der Waals surface area contributed by atoms with Gasteiger partial charge in [-0.05, 0) is 71.0 Å². The molecule has 0 saturated carbocycles. The zero-order valence-corrected chi connectivity index (χ0v) is 30.2. The number of hydrogen-bond acceptors (Lipinski definition) is 8. The third kappa shape index (κ3) is 10.7. The quantitative estimate of drug-likeness (QED) is 0.0290. The number of aromatic nitrogens is 1. The number of pyridine rings is 1. The van der Waals surface area contributed by atoms with Crippen LogP contribution in [0.5, 0.6) is 0 Å². The molecule has 1 aliphatic heterocycles. The molecule has 53 heavy (non-hydrogen) atoms. The Kier molecular flexibility index (Phi) is 13.1. The first-order valence-electron chi connectivity index (χ1n) is 17.8. The second-order valence-corrected chi connectivity index (χ2v) is 14.0. The summed E-state index contributed by atoms with van der Waals surface area (Å²) in [6.45, 7) is 0.354. The highest BCUT2D eigenvalue weighted by Gasteiger charge is 2.33. The van der Waals surface area contributed by atoms with Crippen LogP contribution in [0.2, 0.25) is 0 Å². The third-order valence-electron chi connectivity index (χ3n) is 9.02. The highest BCUT2D eigenvalue weighted by atomic mass is 32.2. The SMILES string of the molecule is Nc1ccccc1NC(=O)CCCCC(=O)NCc1cccc(-c2cccc([C@@H]3O[C@H](CSc4cccc[n+]4[O-])C[C@H](c4ccc(CO)cc4)O3)c2)c1. The van der Waals surface area contributed by atoms with E-state index in [2.05, 4.69) is 22.8 Å². The first-order chi connectivity index (χ1) is 25.8. The van der Waals surface area contributed by atoms with E-state index in [0.717, 1.165) is 38.1 Å². The number of rotatable bonds is 15. The summed E-state index contributed by atoms with van der Waals surface area (Å²) in [5, 5.41) is 28.3. The second kappa shape index (κ2) is 18.5. The maximum absolute atomic E-state index is 12.6. The van der Waals surface area contributed by atoms with Gasteiger partial charge < -0.3 is 36.2 Å². The molecule has 1 saturated heterocycles. The molecule has 1 aromatic heterocycles. The van der Waals surface area contributed by atoms with E-state index in [9.17, 15) is 19.9 Å². The lowest BCUT2D eigenvalue weighted by molar-refractivity contribution is -0.645. The molecule has 3 atom stereocenters. The number of benzene rings is 4. The zero-order valence-electron chi connectivity index (χ0n) is 29.4. The molecule has 5 N–H and O–H groups in total. The molecule has 1 aliphatic rings. The van der Waals surface area contributed by atoms with Crippen molar-refractivity contribution < 1.29 is 28.9 Å². The Morgan fingerprint density at radius 1 is 0.811 bits per heavy atom. The Morgan fingerprint density at radius 2 is 1.55 bits per heavy atom. The van der Waals surface area contributed by atoms with Crippen LogP contribution in [-0.2, 0) is 32.2 Å². The summed E-state index contributed by atoms with van der Waals surface area (Å²) in [7, 11) is 0. The number of amides is 2. The minimum atomic E-state index is -0.642. The molecule has 5 aromatic rings. The molecule has 11 heteroatoms. The van der Waals surface area contributed by atoms with Crippen LogP contribution in [0.15, 0.2) is 126 Å². The van der Waals surface area contributed by atoms with Crippen molar-refractivity contribution in [3.63, 3.8) is 0 Å². The molecule has 0 spiro atoms. The van der Waals surface area contributed by atoms with Gasteiger partial charge in [-0.15, -0.1) is 0 Å². The van der Waals surface area contributed by atoms with E-state index in [4.69, 9.17) is 15.2 Å². The van der Waals surface area contributed by atoms with Gasteiger partial charge >= 0.3 is 0 Å². The lowest BCUT2D eigenvalue weighted by atomic mass is 9.99. The van der Waals surface area contributed by atoms with Gasteiger partial charge in [0, 0.05) is 49.3 Å². The molecule has 0 aliphatic carbocycles. The fourth-order valence-corrected chi connectivity index (χ4v) is 7.07. The number of aliphatic hydroxyl groups is 1. The van der Waals surface area contributed by atoms with Crippen molar-refractivity contribution in [1.82, 2.24) is 5.32 Å².